The van der Waals surface area contributed by atoms with Gasteiger partial charge in [-0.3, -0.25) is 9.59 Å². The van der Waals surface area contributed by atoms with E-state index in [1.165, 1.54) is 6.42 Å². The van der Waals surface area contributed by atoms with E-state index in [4.69, 9.17) is 4.74 Å². The van der Waals surface area contributed by atoms with Gasteiger partial charge in [-0.05, 0) is 56.7 Å². The molecular weight excluding hydrogens is 442 g/mol. The molecule has 0 radical (unpaired) electrons. The number of anilines is 4. The normalized spacial score (nSPS) is 23.3. The molecule has 2 atom stereocenters. The maximum Gasteiger partial charge on any atom is 0.253 e. The Hall–Kier alpha value is -3.13. The number of carbonyl (C=O) groups is 2. The van der Waals surface area contributed by atoms with Crippen molar-refractivity contribution in [3.05, 3.63) is 42.1 Å². The molecule has 0 aliphatic carbocycles. The topological polar surface area (TPSA) is 78.0 Å². The van der Waals surface area contributed by atoms with E-state index in [0.717, 1.165) is 49.4 Å². The van der Waals surface area contributed by atoms with E-state index in [1.807, 2.05) is 49.2 Å². The molecule has 0 saturated carbocycles. The third kappa shape index (κ3) is 4.72. The van der Waals surface area contributed by atoms with Crippen LogP contribution in [-0.4, -0.2) is 67.1 Å². The van der Waals surface area contributed by atoms with Gasteiger partial charge in [0.2, 0.25) is 5.91 Å². The van der Waals surface area contributed by atoms with Gasteiger partial charge < -0.3 is 24.8 Å². The number of carbonyl (C=O) groups excluding carboxylic acids is 2. The van der Waals surface area contributed by atoms with Gasteiger partial charge in [-0.1, -0.05) is 13.0 Å². The second kappa shape index (κ2) is 9.85. The van der Waals surface area contributed by atoms with E-state index < -0.39 is 0 Å². The summed E-state index contributed by atoms with van der Waals surface area (Å²) in [5.74, 6) is 1.38. The summed E-state index contributed by atoms with van der Waals surface area (Å²) < 4.78 is 5.57. The number of piperidine rings is 1. The molecule has 2 amide bonds. The number of benzene rings is 1. The van der Waals surface area contributed by atoms with Gasteiger partial charge in [0, 0.05) is 56.7 Å². The van der Waals surface area contributed by atoms with Crippen LogP contribution in [0, 0.1) is 5.92 Å². The number of hydrogen-bond acceptors (Lipinski definition) is 6. The maximum atomic E-state index is 13.1. The first-order chi connectivity index (χ1) is 16.9. The molecule has 0 bridgehead atoms. The lowest BCUT2D eigenvalue weighted by Crippen LogP contribution is -2.55. The van der Waals surface area contributed by atoms with Crippen LogP contribution in [0.5, 0.6) is 0 Å². The summed E-state index contributed by atoms with van der Waals surface area (Å²) >= 11 is 0. The minimum Gasteiger partial charge on any atom is -0.381 e. The predicted octanol–water partition coefficient (Wildman–Crippen LogP) is 4.05. The van der Waals surface area contributed by atoms with Crippen LogP contribution in [-0.2, 0) is 9.53 Å². The lowest BCUT2D eigenvalue weighted by molar-refractivity contribution is -0.119. The van der Waals surface area contributed by atoms with Crippen molar-refractivity contribution in [1.82, 2.24) is 9.88 Å². The number of likely N-dealkylation sites (tertiary alicyclic amines) is 1. The molecule has 1 N–H and O–H groups in total. The summed E-state index contributed by atoms with van der Waals surface area (Å²) in [5, 5.41) is 3.39. The molecule has 35 heavy (non-hydrogen) atoms. The second-order valence-corrected chi connectivity index (χ2v) is 10.1. The van der Waals surface area contributed by atoms with Crippen LogP contribution >= 0.6 is 0 Å². The van der Waals surface area contributed by atoms with Crippen LogP contribution in [0.2, 0.25) is 0 Å². The number of nitrogens with one attached hydrogen (secondary N) is 1. The SMILES string of the molecule is CC1CCCN(C(=O)c2cccc(Nc3cc4c(cn3)N(C)C(=O)C(C)N4C3CCOCC3)c2)C1. The van der Waals surface area contributed by atoms with Gasteiger partial charge in [0.15, 0.2) is 0 Å². The predicted molar refractivity (Wildman–Crippen MR) is 137 cm³/mol. The molecule has 4 heterocycles. The molecule has 2 unspecified atom stereocenters. The van der Waals surface area contributed by atoms with E-state index in [9.17, 15) is 9.59 Å². The fraction of sp³-hybridized carbons (Fsp3) is 0.519. The summed E-state index contributed by atoms with van der Waals surface area (Å²) in [6.07, 6.45) is 5.79. The first-order valence-corrected chi connectivity index (χ1v) is 12.7. The highest BCUT2D eigenvalue weighted by Crippen LogP contribution is 2.39. The lowest BCUT2D eigenvalue weighted by Gasteiger charge is -2.45. The summed E-state index contributed by atoms with van der Waals surface area (Å²) in [7, 11) is 1.81. The molecular formula is C27H35N5O3. The Morgan fingerprint density at radius 3 is 2.69 bits per heavy atom. The lowest BCUT2D eigenvalue weighted by atomic mass is 9.99. The minimum atomic E-state index is -0.251. The van der Waals surface area contributed by atoms with Gasteiger partial charge >= 0.3 is 0 Å². The largest absolute Gasteiger partial charge is 0.381 e. The van der Waals surface area contributed by atoms with Crippen molar-refractivity contribution >= 4 is 34.7 Å². The molecule has 8 heteroatoms. The molecule has 8 nitrogen and oxygen atoms in total. The summed E-state index contributed by atoms with van der Waals surface area (Å²) in [4.78, 5) is 36.5. The molecule has 186 valence electrons. The van der Waals surface area contributed by atoms with Crippen molar-refractivity contribution in [2.45, 2.75) is 51.6 Å². The van der Waals surface area contributed by atoms with E-state index >= 15 is 0 Å². The fourth-order valence-electron chi connectivity index (χ4n) is 5.61. The maximum absolute atomic E-state index is 13.1. The molecule has 2 saturated heterocycles. The number of ether oxygens (including phenoxy) is 1. The Kier molecular flexibility index (Phi) is 6.65. The summed E-state index contributed by atoms with van der Waals surface area (Å²) in [6.45, 7) is 7.23. The van der Waals surface area contributed by atoms with Gasteiger partial charge in [-0.15, -0.1) is 0 Å². The van der Waals surface area contributed by atoms with Gasteiger partial charge in [-0.25, -0.2) is 4.98 Å². The molecule has 2 fully saturated rings. The highest BCUT2D eigenvalue weighted by atomic mass is 16.5. The van der Waals surface area contributed by atoms with Crippen LogP contribution in [0.4, 0.5) is 22.9 Å². The first kappa shape index (κ1) is 23.6. The van der Waals surface area contributed by atoms with Crippen molar-refractivity contribution in [3.8, 4) is 0 Å². The minimum absolute atomic E-state index is 0.0738. The number of pyridine rings is 1. The number of aromatic nitrogens is 1. The Morgan fingerprint density at radius 1 is 1.11 bits per heavy atom. The number of amides is 2. The molecule has 3 aliphatic rings. The molecule has 1 aromatic heterocycles. The number of likely N-dealkylation sites (N-methyl/N-ethyl adjacent to an activating group) is 1. The zero-order valence-electron chi connectivity index (χ0n) is 20.9. The smallest absolute Gasteiger partial charge is 0.253 e. The monoisotopic (exact) mass is 477 g/mol. The van der Waals surface area contributed by atoms with Crippen LogP contribution in [0.15, 0.2) is 36.5 Å². The Morgan fingerprint density at radius 2 is 1.91 bits per heavy atom. The van der Waals surface area contributed by atoms with Crippen molar-refractivity contribution < 1.29 is 14.3 Å². The molecule has 2 aromatic rings. The van der Waals surface area contributed by atoms with Gasteiger partial charge in [0.1, 0.15) is 11.9 Å². The van der Waals surface area contributed by atoms with E-state index in [2.05, 4.69) is 22.1 Å². The van der Waals surface area contributed by atoms with E-state index in [1.54, 1.807) is 11.1 Å². The van der Waals surface area contributed by atoms with Crippen molar-refractivity contribution in [1.29, 1.82) is 0 Å². The molecule has 1 aromatic carbocycles. The second-order valence-electron chi connectivity index (χ2n) is 10.1. The van der Waals surface area contributed by atoms with Crippen molar-refractivity contribution in [2.24, 2.45) is 5.92 Å². The average molecular weight is 478 g/mol. The van der Waals surface area contributed by atoms with Crippen LogP contribution < -0.4 is 15.1 Å². The Balaban J connectivity index is 1.40. The Bertz CT molecular complexity index is 1100. The summed E-state index contributed by atoms with van der Waals surface area (Å²) in [5.41, 5.74) is 3.32. The molecule has 3 aliphatic heterocycles. The molecule has 5 rings (SSSR count). The van der Waals surface area contributed by atoms with E-state index in [0.29, 0.717) is 30.5 Å². The third-order valence-electron chi connectivity index (χ3n) is 7.52. The number of fused-ring (bicyclic) bond motifs is 1. The highest BCUT2D eigenvalue weighted by Gasteiger charge is 2.38. The fourth-order valence-corrected chi connectivity index (χ4v) is 5.61. The van der Waals surface area contributed by atoms with Crippen molar-refractivity contribution in [2.75, 3.05) is 48.5 Å². The zero-order chi connectivity index (χ0) is 24.5. The first-order valence-electron chi connectivity index (χ1n) is 12.7. The van der Waals surface area contributed by atoms with Gasteiger partial charge in [0.25, 0.3) is 5.91 Å². The number of hydrogen-bond donors (Lipinski definition) is 1. The van der Waals surface area contributed by atoms with E-state index in [-0.39, 0.29) is 23.9 Å². The average Bonchev–Trinajstić information content (AvgIpc) is 2.88. The summed E-state index contributed by atoms with van der Waals surface area (Å²) in [6, 6.07) is 9.65. The quantitative estimate of drug-likeness (QED) is 0.716. The number of rotatable bonds is 4. The third-order valence-corrected chi connectivity index (χ3v) is 7.52. The highest BCUT2D eigenvalue weighted by molar-refractivity contribution is 6.05. The standard InChI is InChI=1S/C27H35N5O3/c1-18-6-5-11-31(17-18)27(34)20-7-4-8-21(14-20)29-25-15-23-24(16-28-25)30(3)26(33)19(2)32(23)22-9-12-35-13-10-22/h4,7-8,14-16,18-19,22H,5-6,9-13,17H2,1-3H3,(H,28,29). The van der Waals surface area contributed by atoms with Crippen molar-refractivity contribution in [3.63, 3.8) is 0 Å². The Labute approximate surface area is 207 Å². The zero-order valence-corrected chi connectivity index (χ0v) is 20.9. The molecule has 0 spiro atoms. The number of nitrogens with zero attached hydrogens (tertiary/aromatic N) is 4. The van der Waals surface area contributed by atoms with Gasteiger partial charge in [0.05, 0.1) is 17.6 Å². The van der Waals surface area contributed by atoms with Crippen LogP contribution in [0.3, 0.4) is 0 Å². The van der Waals surface area contributed by atoms with Crippen LogP contribution in [0.25, 0.3) is 0 Å². The van der Waals surface area contributed by atoms with Gasteiger partial charge in [-0.2, -0.15) is 0 Å². The van der Waals surface area contributed by atoms with Crippen LogP contribution in [0.1, 0.15) is 49.9 Å².